The van der Waals surface area contributed by atoms with Crippen LogP contribution in [0.2, 0.25) is 5.02 Å². The lowest BCUT2D eigenvalue weighted by Gasteiger charge is -2.19. The minimum absolute atomic E-state index is 0.0204. The first-order chi connectivity index (χ1) is 16.8. The second-order valence-corrected chi connectivity index (χ2v) is 10.6. The van der Waals surface area contributed by atoms with Crippen molar-refractivity contribution in [3.8, 4) is 5.75 Å². The van der Waals surface area contributed by atoms with Gasteiger partial charge in [-0.2, -0.15) is 0 Å². The standard InChI is InChI=1S/C24H24ClN3O7S/c1-14-3-5-15(6-4-14)19(12-21(30)31)26-24(33)27-22-20(29)9-10-28(23(22)32)13-16-11-17(36(2,34)35)7-8-18(16)25/h3-11,19,29H,12-13H2,1-2H3,(H,30,31)(H2,26,27,33)/t19-/m0/s1. The Hall–Kier alpha value is -3.83. The van der Waals surface area contributed by atoms with E-state index in [1.54, 1.807) is 24.3 Å². The van der Waals surface area contributed by atoms with Crippen LogP contribution in [0.25, 0.3) is 0 Å². The van der Waals surface area contributed by atoms with E-state index < -0.39 is 51.3 Å². The molecule has 0 saturated heterocycles. The highest BCUT2D eigenvalue weighted by Crippen LogP contribution is 2.23. The summed E-state index contributed by atoms with van der Waals surface area (Å²) in [7, 11) is -3.51. The predicted molar refractivity (Wildman–Crippen MR) is 134 cm³/mol. The van der Waals surface area contributed by atoms with Crippen LogP contribution in [0.15, 0.2) is 64.4 Å². The number of benzene rings is 2. The lowest BCUT2D eigenvalue weighted by Crippen LogP contribution is -2.36. The first kappa shape index (κ1) is 26.8. The van der Waals surface area contributed by atoms with Gasteiger partial charge in [0.2, 0.25) is 0 Å². The lowest BCUT2D eigenvalue weighted by atomic mass is 10.0. The molecule has 1 aromatic heterocycles. The Morgan fingerprint density at radius 2 is 1.78 bits per heavy atom. The van der Waals surface area contributed by atoms with Crippen molar-refractivity contribution in [2.24, 2.45) is 0 Å². The van der Waals surface area contributed by atoms with Gasteiger partial charge in [-0.05, 0) is 42.3 Å². The molecule has 2 amide bonds. The van der Waals surface area contributed by atoms with E-state index in [9.17, 15) is 33.0 Å². The second kappa shape index (κ2) is 10.8. The molecular weight excluding hydrogens is 510 g/mol. The van der Waals surface area contributed by atoms with Gasteiger partial charge in [-0.3, -0.25) is 9.59 Å². The monoisotopic (exact) mass is 533 g/mol. The van der Waals surface area contributed by atoms with Crippen LogP contribution in [-0.2, 0) is 21.2 Å². The van der Waals surface area contributed by atoms with E-state index in [1.165, 1.54) is 30.5 Å². The molecule has 0 spiro atoms. The van der Waals surface area contributed by atoms with Gasteiger partial charge in [0.1, 0.15) is 5.75 Å². The van der Waals surface area contributed by atoms with E-state index in [-0.39, 0.29) is 16.5 Å². The summed E-state index contributed by atoms with van der Waals surface area (Å²) in [6.07, 6.45) is 1.90. The first-order valence-corrected chi connectivity index (χ1v) is 12.9. The number of halogens is 1. The SMILES string of the molecule is Cc1ccc([C@H](CC(=O)O)NC(=O)Nc2c(O)ccn(Cc3cc(S(C)(=O)=O)ccc3Cl)c2=O)cc1. The van der Waals surface area contributed by atoms with Gasteiger partial charge >= 0.3 is 12.0 Å². The zero-order valence-corrected chi connectivity index (χ0v) is 20.9. The van der Waals surface area contributed by atoms with Gasteiger partial charge < -0.3 is 25.4 Å². The molecular formula is C24H24ClN3O7S. The number of carboxylic acid groups (broad SMARTS) is 1. The Bertz CT molecular complexity index is 1470. The average molecular weight is 534 g/mol. The number of pyridine rings is 1. The van der Waals surface area contributed by atoms with Crippen molar-refractivity contribution < 1.29 is 28.2 Å². The third kappa shape index (κ3) is 6.64. The molecule has 0 radical (unpaired) electrons. The molecule has 190 valence electrons. The Labute approximate surface area is 212 Å². The van der Waals surface area contributed by atoms with Gasteiger partial charge in [-0.15, -0.1) is 0 Å². The highest BCUT2D eigenvalue weighted by molar-refractivity contribution is 7.90. The van der Waals surface area contributed by atoms with Crippen LogP contribution in [0.4, 0.5) is 10.5 Å². The van der Waals surface area contributed by atoms with E-state index in [1.807, 2.05) is 6.92 Å². The minimum atomic E-state index is -3.51. The fraction of sp³-hybridized carbons (Fsp3) is 0.208. The lowest BCUT2D eigenvalue weighted by molar-refractivity contribution is -0.137. The summed E-state index contributed by atoms with van der Waals surface area (Å²) in [5.74, 6) is -1.65. The van der Waals surface area contributed by atoms with E-state index in [2.05, 4.69) is 10.6 Å². The second-order valence-electron chi connectivity index (χ2n) is 8.19. The van der Waals surface area contributed by atoms with E-state index in [0.29, 0.717) is 11.1 Å². The Balaban J connectivity index is 1.86. The number of aromatic nitrogens is 1. The Kier molecular flexibility index (Phi) is 8.06. The van der Waals surface area contributed by atoms with Gasteiger partial charge in [-0.1, -0.05) is 41.4 Å². The summed E-state index contributed by atoms with van der Waals surface area (Å²) >= 11 is 6.18. The number of aryl methyl sites for hydroxylation is 1. The van der Waals surface area contributed by atoms with Crippen LogP contribution in [-0.4, -0.2) is 41.5 Å². The maximum Gasteiger partial charge on any atom is 0.319 e. The van der Waals surface area contributed by atoms with E-state index in [4.69, 9.17) is 11.6 Å². The van der Waals surface area contributed by atoms with Crippen molar-refractivity contribution in [2.75, 3.05) is 11.6 Å². The molecule has 0 fully saturated rings. The number of hydrogen-bond acceptors (Lipinski definition) is 6. The number of urea groups is 1. The fourth-order valence-corrected chi connectivity index (χ4v) is 4.28. The molecule has 1 heterocycles. The van der Waals surface area contributed by atoms with Gasteiger partial charge in [0.25, 0.3) is 5.56 Å². The highest BCUT2D eigenvalue weighted by atomic mass is 35.5. The number of carboxylic acids is 1. The minimum Gasteiger partial charge on any atom is -0.505 e. The average Bonchev–Trinajstić information content (AvgIpc) is 2.79. The summed E-state index contributed by atoms with van der Waals surface area (Å²) in [6, 6.07) is 10.4. The van der Waals surface area contributed by atoms with Gasteiger partial charge in [0.05, 0.1) is 23.9 Å². The summed E-state index contributed by atoms with van der Waals surface area (Å²) in [4.78, 5) is 37.0. The molecule has 10 nitrogen and oxygen atoms in total. The Morgan fingerprint density at radius 3 is 2.39 bits per heavy atom. The van der Waals surface area contributed by atoms with Crippen molar-refractivity contribution in [1.82, 2.24) is 9.88 Å². The molecule has 0 aliphatic rings. The molecule has 3 rings (SSSR count). The number of aromatic hydroxyl groups is 1. The topological polar surface area (TPSA) is 155 Å². The van der Waals surface area contributed by atoms with E-state index >= 15 is 0 Å². The third-order valence-corrected chi connectivity index (χ3v) is 6.81. The van der Waals surface area contributed by atoms with Crippen molar-refractivity contribution in [3.63, 3.8) is 0 Å². The maximum atomic E-state index is 13.0. The molecule has 4 N–H and O–H groups in total. The molecule has 0 bridgehead atoms. The van der Waals surface area contributed by atoms with Crippen molar-refractivity contribution >= 4 is 39.1 Å². The van der Waals surface area contributed by atoms with Crippen molar-refractivity contribution in [3.05, 3.63) is 86.8 Å². The summed E-state index contributed by atoms with van der Waals surface area (Å²) < 4.78 is 24.9. The summed E-state index contributed by atoms with van der Waals surface area (Å²) in [6.45, 7) is 1.73. The quantitative estimate of drug-likeness (QED) is 0.346. The molecule has 36 heavy (non-hydrogen) atoms. The number of carbonyl (C=O) groups is 2. The molecule has 3 aromatic rings. The first-order valence-electron chi connectivity index (χ1n) is 10.6. The molecule has 0 saturated carbocycles. The van der Waals surface area contributed by atoms with Crippen LogP contribution in [0.5, 0.6) is 5.75 Å². The number of carbonyl (C=O) groups excluding carboxylic acids is 1. The zero-order valence-electron chi connectivity index (χ0n) is 19.4. The number of anilines is 1. The van der Waals surface area contributed by atoms with Crippen LogP contribution < -0.4 is 16.2 Å². The molecule has 0 aliphatic carbocycles. The van der Waals surface area contributed by atoms with Crippen molar-refractivity contribution in [2.45, 2.75) is 30.8 Å². The highest BCUT2D eigenvalue weighted by Gasteiger charge is 2.20. The maximum absolute atomic E-state index is 13.0. The molecule has 12 heteroatoms. The van der Waals surface area contributed by atoms with Gasteiger partial charge in [0.15, 0.2) is 15.5 Å². The van der Waals surface area contributed by atoms with Crippen LogP contribution in [0.3, 0.4) is 0 Å². The summed E-state index contributed by atoms with van der Waals surface area (Å²) in [5.41, 5.74) is 0.616. The van der Waals surface area contributed by atoms with Gasteiger partial charge in [0, 0.05) is 17.5 Å². The van der Waals surface area contributed by atoms with Gasteiger partial charge in [-0.25, -0.2) is 13.2 Å². The molecule has 0 aliphatic heterocycles. The predicted octanol–water partition coefficient (Wildman–Crippen LogP) is 3.31. The normalized spacial score (nSPS) is 12.1. The van der Waals surface area contributed by atoms with E-state index in [0.717, 1.165) is 16.4 Å². The summed E-state index contributed by atoms with van der Waals surface area (Å²) in [5, 5.41) is 24.5. The number of nitrogens with one attached hydrogen (secondary N) is 2. The fourth-order valence-electron chi connectivity index (χ4n) is 3.43. The van der Waals surface area contributed by atoms with Crippen LogP contribution in [0.1, 0.15) is 29.2 Å². The number of amides is 2. The largest absolute Gasteiger partial charge is 0.505 e. The number of hydrogen-bond donors (Lipinski definition) is 4. The number of rotatable bonds is 8. The van der Waals surface area contributed by atoms with Crippen molar-refractivity contribution in [1.29, 1.82) is 0 Å². The Morgan fingerprint density at radius 1 is 1.11 bits per heavy atom. The number of sulfone groups is 1. The van der Waals surface area contributed by atoms with Crippen LogP contribution in [0, 0.1) is 6.92 Å². The zero-order chi connectivity index (χ0) is 26.6. The van der Waals surface area contributed by atoms with Crippen LogP contribution >= 0.6 is 11.6 Å². The molecule has 0 unspecified atom stereocenters. The number of aliphatic carboxylic acids is 1. The molecule has 1 atom stereocenters. The smallest absolute Gasteiger partial charge is 0.319 e. The number of nitrogens with zero attached hydrogens (tertiary/aromatic N) is 1. The molecule has 2 aromatic carbocycles. The third-order valence-electron chi connectivity index (χ3n) is 5.33.